The molecule has 0 heterocycles. The average molecular weight is 307 g/mol. The Balaban J connectivity index is 0.00000225. The third-order valence-corrected chi connectivity index (χ3v) is 2.70. The maximum absolute atomic E-state index is 5.47. The van der Waals surface area contributed by atoms with Crippen LogP contribution in [0.5, 0.6) is 5.75 Å². The monoisotopic (exact) mass is 306 g/mol. The quantitative estimate of drug-likeness (QED) is 0.538. The summed E-state index contributed by atoms with van der Waals surface area (Å²) in [6.07, 6.45) is 3.58. The third kappa shape index (κ3) is 7.21. The van der Waals surface area contributed by atoms with Crippen LogP contribution in [0.3, 0.4) is 0 Å². The molecule has 0 N–H and O–H groups in total. The van der Waals surface area contributed by atoms with Crippen LogP contribution < -0.4 is 4.52 Å². The molecule has 0 aliphatic carbocycles. The zero-order valence-corrected chi connectivity index (χ0v) is 12.6. The lowest BCUT2D eigenvalue weighted by atomic mass is 10.2. The summed E-state index contributed by atoms with van der Waals surface area (Å²) in [6, 6.07) is 8.02. The summed E-state index contributed by atoms with van der Waals surface area (Å²) >= 11 is 0. The summed E-state index contributed by atoms with van der Waals surface area (Å²) in [5.74, 6) is 0.892. The Bertz CT molecular complexity index is 281. The molecule has 1 aromatic carbocycles. The van der Waals surface area contributed by atoms with Crippen LogP contribution in [-0.4, -0.2) is 6.61 Å². The van der Waals surface area contributed by atoms with Crippen molar-refractivity contribution in [3.8, 4) is 5.75 Å². The first-order chi connectivity index (χ1) is 7.33. The highest BCUT2D eigenvalue weighted by atomic mass is 79.9. The predicted octanol–water partition coefficient (Wildman–Crippen LogP) is 4.67. The van der Waals surface area contributed by atoms with E-state index in [2.05, 4.69) is 19.9 Å². The zero-order chi connectivity index (χ0) is 10.9. The lowest BCUT2D eigenvalue weighted by Crippen LogP contribution is -1.87. The van der Waals surface area contributed by atoms with Crippen molar-refractivity contribution in [2.24, 2.45) is 0 Å². The van der Waals surface area contributed by atoms with E-state index in [4.69, 9.17) is 9.05 Å². The van der Waals surface area contributed by atoms with Crippen LogP contribution in [0.25, 0.3) is 0 Å². The molecule has 0 saturated carbocycles. The molecule has 1 atom stereocenters. The predicted molar refractivity (Wildman–Crippen MR) is 75.9 cm³/mol. The van der Waals surface area contributed by atoms with Gasteiger partial charge in [0.2, 0.25) is 9.03 Å². The van der Waals surface area contributed by atoms with Gasteiger partial charge in [0.05, 0.1) is 6.61 Å². The molecule has 0 saturated heterocycles. The van der Waals surface area contributed by atoms with Gasteiger partial charge in [-0.2, -0.15) is 0 Å². The molecule has 1 aromatic rings. The number of benzene rings is 1. The first-order valence-corrected chi connectivity index (χ1v) is 6.25. The van der Waals surface area contributed by atoms with Gasteiger partial charge in [0, 0.05) is 0 Å². The summed E-state index contributed by atoms with van der Waals surface area (Å²) < 4.78 is 10.9. The smallest absolute Gasteiger partial charge is 0.215 e. The van der Waals surface area contributed by atoms with Crippen LogP contribution in [0.2, 0.25) is 0 Å². The molecule has 4 heteroatoms. The van der Waals surface area contributed by atoms with Gasteiger partial charge in [0.15, 0.2) is 0 Å². The Morgan fingerprint density at radius 1 is 1.25 bits per heavy atom. The van der Waals surface area contributed by atoms with E-state index in [1.54, 1.807) is 0 Å². The van der Waals surface area contributed by atoms with Crippen LogP contribution in [-0.2, 0) is 4.52 Å². The maximum atomic E-state index is 5.47. The number of unbranched alkanes of at least 4 members (excludes halogenated alkanes) is 2. The molecule has 0 fully saturated rings. The van der Waals surface area contributed by atoms with E-state index in [-0.39, 0.29) is 26.0 Å². The van der Waals surface area contributed by atoms with Gasteiger partial charge in [-0.25, -0.2) is 0 Å². The Morgan fingerprint density at radius 2 is 2.06 bits per heavy atom. The molecule has 16 heavy (non-hydrogen) atoms. The Morgan fingerprint density at radius 3 is 2.75 bits per heavy atom. The highest BCUT2D eigenvalue weighted by molar-refractivity contribution is 8.93. The summed E-state index contributed by atoms with van der Waals surface area (Å²) in [4.78, 5) is 0. The van der Waals surface area contributed by atoms with Crippen LogP contribution in [0.15, 0.2) is 24.3 Å². The molecule has 0 amide bonds. The topological polar surface area (TPSA) is 18.5 Å². The molecule has 0 bridgehead atoms. The Labute approximate surface area is 110 Å². The molecular formula is C12H20BrO2P. The van der Waals surface area contributed by atoms with Crippen LogP contribution in [0.1, 0.15) is 31.7 Å². The number of rotatable bonds is 7. The number of hydrogen-bond donors (Lipinski definition) is 0. The lowest BCUT2D eigenvalue weighted by Gasteiger charge is -2.06. The van der Waals surface area contributed by atoms with E-state index < -0.39 is 0 Å². The third-order valence-electron chi connectivity index (χ3n) is 2.06. The molecule has 1 unspecified atom stereocenters. The minimum Gasteiger partial charge on any atom is -0.450 e. The van der Waals surface area contributed by atoms with Gasteiger partial charge in [0.25, 0.3) is 0 Å². The van der Waals surface area contributed by atoms with Gasteiger partial charge in [0.1, 0.15) is 5.75 Å². The molecule has 0 aromatic heterocycles. The van der Waals surface area contributed by atoms with Crippen molar-refractivity contribution in [3.63, 3.8) is 0 Å². The number of halogens is 1. The minimum absolute atomic E-state index is 0. The first-order valence-electron chi connectivity index (χ1n) is 5.43. The molecule has 1 rings (SSSR count). The number of hydrogen-bond acceptors (Lipinski definition) is 2. The highest BCUT2D eigenvalue weighted by Gasteiger charge is 1.94. The van der Waals surface area contributed by atoms with Crippen molar-refractivity contribution in [2.45, 2.75) is 33.1 Å². The minimum atomic E-state index is 0. The highest BCUT2D eigenvalue weighted by Crippen LogP contribution is 2.22. The fourth-order valence-corrected chi connectivity index (χ4v) is 1.73. The summed E-state index contributed by atoms with van der Waals surface area (Å²) in [5.41, 5.74) is 1.21. The van der Waals surface area contributed by atoms with E-state index in [1.807, 2.05) is 18.2 Å². The molecule has 92 valence electrons. The lowest BCUT2D eigenvalue weighted by molar-refractivity contribution is 0.318. The second-order valence-electron chi connectivity index (χ2n) is 3.56. The largest absolute Gasteiger partial charge is 0.450 e. The zero-order valence-electron chi connectivity index (χ0n) is 9.86. The fraction of sp³-hybridized carbons (Fsp3) is 0.500. The average Bonchev–Trinajstić information content (AvgIpc) is 2.23. The second-order valence-corrected chi connectivity index (χ2v) is 4.22. The molecule has 0 aliphatic rings. The van der Waals surface area contributed by atoms with E-state index in [0.29, 0.717) is 0 Å². The number of aryl methyl sites for hydroxylation is 1. The summed E-state index contributed by atoms with van der Waals surface area (Å²) in [5, 5.41) is 0. The fourth-order valence-electron chi connectivity index (χ4n) is 1.22. The van der Waals surface area contributed by atoms with Gasteiger partial charge in [-0.3, -0.25) is 0 Å². The van der Waals surface area contributed by atoms with Crippen LogP contribution >= 0.6 is 26.0 Å². The Kier molecular flexibility index (Phi) is 10.0. The van der Waals surface area contributed by atoms with E-state index in [1.165, 1.54) is 18.4 Å². The molecule has 0 spiro atoms. The SMILES string of the molecule is Br.CCCCCOPOc1cccc(C)c1. The van der Waals surface area contributed by atoms with Crippen molar-refractivity contribution in [2.75, 3.05) is 6.61 Å². The van der Waals surface area contributed by atoms with Crippen molar-refractivity contribution in [1.82, 2.24) is 0 Å². The second kappa shape index (κ2) is 10.1. The molecule has 0 radical (unpaired) electrons. The Hall–Kier alpha value is -0.110. The van der Waals surface area contributed by atoms with Crippen molar-refractivity contribution < 1.29 is 9.05 Å². The molecule has 2 nitrogen and oxygen atoms in total. The van der Waals surface area contributed by atoms with Gasteiger partial charge >= 0.3 is 0 Å². The summed E-state index contributed by atoms with van der Waals surface area (Å²) in [6.45, 7) is 5.04. The molecule has 0 aliphatic heterocycles. The van der Waals surface area contributed by atoms with Crippen molar-refractivity contribution in [1.29, 1.82) is 0 Å². The van der Waals surface area contributed by atoms with Crippen LogP contribution in [0, 0.1) is 6.92 Å². The van der Waals surface area contributed by atoms with Crippen LogP contribution in [0.4, 0.5) is 0 Å². The van der Waals surface area contributed by atoms with Gasteiger partial charge < -0.3 is 9.05 Å². The maximum Gasteiger partial charge on any atom is 0.215 e. The standard InChI is InChI=1S/C12H19O2P.BrH/c1-3-4-5-9-13-15-14-12-8-6-7-11(2)10-12;/h6-8,10,15H,3-5,9H2,1-2H3;1H. The van der Waals surface area contributed by atoms with E-state index in [0.717, 1.165) is 18.8 Å². The van der Waals surface area contributed by atoms with E-state index in [9.17, 15) is 0 Å². The van der Waals surface area contributed by atoms with E-state index >= 15 is 0 Å². The first kappa shape index (κ1) is 15.9. The molecular weight excluding hydrogens is 287 g/mol. The summed E-state index contributed by atoms with van der Waals surface area (Å²) in [7, 11) is 0.117. The van der Waals surface area contributed by atoms with Gasteiger partial charge in [-0.1, -0.05) is 31.9 Å². The van der Waals surface area contributed by atoms with Gasteiger partial charge in [-0.15, -0.1) is 17.0 Å². The van der Waals surface area contributed by atoms with Crippen molar-refractivity contribution >= 4 is 26.0 Å². The normalized spacial score (nSPS) is 10.4. The van der Waals surface area contributed by atoms with Crippen molar-refractivity contribution in [3.05, 3.63) is 29.8 Å². The van der Waals surface area contributed by atoms with Gasteiger partial charge in [-0.05, 0) is 31.0 Å².